The minimum absolute atomic E-state index is 0.690. The Morgan fingerprint density at radius 1 is 1.25 bits per heavy atom. The highest BCUT2D eigenvalue weighted by Gasteiger charge is 2.21. The van der Waals surface area contributed by atoms with Gasteiger partial charge in [-0.15, -0.1) is 0 Å². The molecule has 3 rings (SSSR count). The summed E-state index contributed by atoms with van der Waals surface area (Å²) in [4.78, 5) is 4.30. The van der Waals surface area contributed by atoms with Crippen LogP contribution in [0.2, 0.25) is 0 Å². The Morgan fingerprint density at radius 2 is 2.08 bits per heavy atom. The summed E-state index contributed by atoms with van der Waals surface area (Å²) in [6.45, 7) is 9.63. The highest BCUT2D eigenvalue weighted by molar-refractivity contribution is 5.24. The van der Waals surface area contributed by atoms with Crippen molar-refractivity contribution in [3.63, 3.8) is 0 Å². The maximum atomic E-state index is 4.30. The van der Waals surface area contributed by atoms with Gasteiger partial charge in [0.05, 0.1) is 0 Å². The number of imidazole rings is 1. The molecule has 1 aromatic heterocycles. The second-order valence-electron chi connectivity index (χ2n) is 7.16. The first kappa shape index (κ1) is 17.0. The molecular formula is C21H29N3. The van der Waals surface area contributed by atoms with Crippen molar-refractivity contribution in [2.24, 2.45) is 11.8 Å². The molecule has 0 bridgehead atoms. The second kappa shape index (κ2) is 7.80. The van der Waals surface area contributed by atoms with Crippen LogP contribution < -0.4 is 5.32 Å². The highest BCUT2D eigenvalue weighted by atomic mass is 15.0. The van der Waals surface area contributed by atoms with Crippen molar-refractivity contribution < 1.29 is 0 Å². The van der Waals surface area contributed by atoms with Gasteiger partial charge < -0.3 is 9.88 Å². The van der Waals surface area contributed by atoms with Crippen LogP contribution in [-0.2, 0) is 13.1 Å². The Balaban J connectivity index is 1.56. The zero-order chi connectivity index (χ0) is 16.9. The summed E-state index contributed by atoms with van der Waals surface area (Å²) >= 11 is 0. The number of allylic oxidation sites excluding steroid dienone is 1. The molecule has 0 amide bonds. The van der Waals surface area contributed by atoms with E-state index in [1.807, 2.05) is 19.3 Å². The molecule has 2 atom stereocenters. The molecule has 3 heteroatoms. The van der Waals surface area contributed by atoms with E-state index in [4.69, 9.17) is 0 Å². The average molecular weight is 323 g/mol. The SMILES string of the molecule is CC1=CCCC(C)C1CNCc1cccc(Cn2ccnc2C)c1. The minimum atomic E-state index is 0.690. The molecule has 128 valence electrons. The van der Waals surface area contributed by atoms with Gasteiger partial charge in [-0.3, -0.25) is 0 Å². The van der Waals surface area contributed by atoms with Gasteiger partial charge in [0.15, 0.2) is 0 Å². The second-order valence-corrected chi connectivity index (χ2v) is 7.16. The lowest BCUT2D eigenvalue weighted by atomic mass is 9.80. The smallest absolute Gasteiger partial charge is 0.105 e. The van der Waals surface area contributed by atoms with Crippen LogP contribution in [-0.4, -0.2) is 16.1 Å². The first-order valence-electron chi connectivity index (χ1n) is 9.06. The molecule has 1 aliphatic carbocycles. The third kappa shape index (κ3) is 4.15. The third-order valence-corrected chi connectivity index (χ3v) is 5.32. The summed E-state index contributed by atoms with van der Waals surface area (Å²) in [5, 5.41) is 3.67. The van der Waals surface area contributed by atoms with E-state index in [9.17, 15) is 0 Å². The first-order valence-corrected chi connectivity index (χ1v) is 9.06. The summed E-state index contributed by atoms with van der Waals surface area (Å²) in [5.74, 6) is 2.54. The van der Waals surface area contributed by atoms with Crippen LogP contribution in [0.3, 0.4) is 0 Å². The van der Waals surface area contributed by atoms with Gasteiger partial charge in [-0.05, 0) is 49.7 Å². The van der Waals surface area contributed by atoms with E-state index in [0.29, 0.717) is 5.92 Å². The van der Waals surface area contributed by atoms with Crippen LogP contribution in [0.25, 0.3) is 0 Å². The number of rotatable bonds is 6. The largest absolute Gasteiger partial charge is 0.331 e. The number of hydrogen-bond acceptors (Lipinski definition) is 2. The molecule has 2 unspecified atom stereocenters. The van der Waals surface area contributed by atoms with E-state index in [1.54, 1.807) is 5.57 Å². The van der Waals surface area contributed by atoms with Gasteiger partial charge in [-0.25, -0.2) is 4.98 Å². The average Bonchev–Trinajstić information content (AvgIpc) is 2.96. The molecule has 0 saturated heterocycles. The molecule has 0 spiro atoms. The fraction of sp³-hybridized carbons (Fsp3) is 0.476. The molecule has 1 heterocycles. The molecule has 24 heavy (non-hydrogen) atoms. The predicted octanol–water partition coefficient (Wildman–Crippen LogP) is 4.32. The van der Waals surface area contributed by atoms with Crippen LogP contribution >= 0.6 is 0 Å². The van der Waals surface area contributed by atoms with Crippen molar-refractivity contribution in [2.75, 3.05) is 6.54 Å². The van der Waals surface area contributed by atoms with Gasteiger partial charge in [-0.2, -0.15) is 0 Å². The van der Waals surface area contributed by atoms with Crippen molar-refractivity contribution in [1.82, 2.24) is 14.9 Å². The zero-order valence-electron chi connectivity index (χ0n) is 15.1. The number of nitrogens with zero attached hydrogens (tertiary/aromatic N) is 2. The number of nitrogens with one attached hydrogen (secondary N) is 1. The fourth-order valence-corrected chi connectivity index (χ4v) is 3.71. The fourth-order valence-electron chi connectivity index (χ4n) is 3.71. The monoisotopic (exact) mass is 323 g/mol. The van der Waals surface area contributed by atoms with Gasteiger partial charge in [0.2, 0.25) is 0 Å². The molecule has 1 aromatic carbocycles. The van der Waals surface area contributed by atoms with Crippen LogP contribution in [0.5, 0.6) is 0 Å². The molecule has 2 aromatic rings. The molecule has 0 saturated carbocycles. The van der Waals surface area contributed by atoms with Gasteiger partial charge >= 0.3 is 0 Å². The number of benzene rings is 1. The van der Waals surface area contributed by atoms with Crippen molar-refractivity contribution >= 4 is 0 Å². The molecular weight excluding hydrogens is 294 g/mol. The summed E-state index contributed by atoms with van der Waals surface area (Å²) < 4.78 is 2.18. The summed E-state index contributed by atoms with van der Waals surface area (Å²) in [7, 11) is 0. The van der Waals surface area contributed by atoms with Gasteiger partial charge in [0.1, 0.15) is 5.82 Å². The van der Waals surface area contributed by atoms with E-state index in [0.717, 1.165) is 31.4 Å². The molecule has 3 nitrogen and oxygen atoms in total. The molecule has 0 radical (unpaired) electrons. The van der Waals surface area contributed by atoms with Crippen molar-refractivity contribution in [1.29, 1.82) is 0 Å². The van der Waals surface area contributed by atoms with Gasteiger partial charge in [-0.1, -0.05) is 42.8 Å². The summed E-state index contributed by atoms with van der Waals surface area (Å²) in [6, 6.07) is 8.87. The minimum Gasteiger partial charge on any atom is -0.331 e. The number of aromatic nitrogens is 2. The standard InChI is InChI=1S/C21H29N3/c1-16-6-4-7-17(2)21(16)14-22-13-19-8-5-9-20(12-19)15-24-11-10-23-18(24)3/h5-6,8-12,17,21-22H,4,7,13-15H2,1-3H3. The summed E-state index contributed by atoms with van der Waals surface area (Å²) in [6.07, 6.45) is 8.89. The van der Waals surface area contributed by atoms with E-state index < -0.39 is 0 Å². The van der Waals surface area contributed by atoms with Crippen molar-refractivity contribution in [3.8, 4) is 0 Å². The van der Waals surface area contributed by atoms with Crippen molar-refractivity contribution in [3.05, 3.63) is 65.3 Å². The van der Waals surface area contributed by atoms with E-state index in [2.05, 4.69) is 59.1 Å². The van der Waals surface area contributed by atoms with E-state index >= 15 is 0 Å². The normalized spacial score (nSPS) is 20.9. The van der Waals surface area contributed by atoms with Crippen LogP contribution in [0.1, 0.15) is 43.6 Å². The van der Waals surface area contributed by atoms with Gasteiger partial charge in [0.25, 0.3) is 0 Å². The topological polar surface area (TPSA) is 29.9 Å². The van der Waals surface area contributed by atoms with Crippen molar-refractivity contribution in [2.45, 2.75) is 46.7 Å². The Kier molecular flexibility index (Phi) is 5.52. The lowest BCUT2D eigenvalue weighted by Gasteiger charge is -2.29. The lowest BCUT2D eigenvalue weighted by molar-refractivity contribution is 0.350. The van der Waals surface area contributed by atoms with Gasteiger partial charge in [0, 0.05) is 32.0 Å². The number of hydrogen-bond donors (Lipinski definition) is 1. The number of aryl methyl sites for hydroxylation is 1. The maximum absolute atomic E-state index is 4.30. The predicted molar refractivity (Wildman–Crippen MR) is 99.9 cm³/mol. The lowest BCUT2D eigenvalue weighted by Crippen LogP contribution is -2.29. The summed E-state index contributed by atoms with van der Waals surface area (Å²) in [5.41, 5.74) is 4.25. The highest BCUT2D eigenvalue weighted by Crippen LogP contribution is 2.29. The Hall–Kier alpha value is -1.87. The maximum Gasteiger partial charge on any atom is 0.105 e. The van der Waals surface area contributed by atoms with Crippen LogP contribution in [0, 0.1) is 18.8 Å². The molecule has 0 aliphatic heterocycles. The molecule has 0 fully saturated rings. The van der Waals surface area contributed by atoms with Crippen LogP contribution in [0.15, 0.2) is 48.3 Å². The quantitative estimate of drug-likeness (QED) is 0.802. The van der Waals surface area contributed by atoms with E-state index in [1.165, 1.54) is 24.0 Å². The third-order valence-electron chi connectivity index (χ3n) is 5.32. The van der Waals surface area contributed by atoms with Crippen LogP contribution in [0.4, 0.5) is 0 Å². The molecule has 1 aliphatic rings. The molecule has 1 N–H and O–H groups in total. The Bertz CT molecular complexity index is 699. The van der Waals surface area contributed by atoms with E-state index in [-0.39, 0.29) is 0 Å². The zero-order valence-corrected chi connectivity index (χ0v) is 15.1. The first-order chi connectivity index (χ1) is 11.6. The Labute approximate surface area is 145 Å². The Morgan fingerprint density at radius 3 is 2.83 bits per heavy atom.